The molecule has 1 aromatic rings. The Morgan fingerprint density at radius 2 is 1.66 bits per heavy atom. The summed E-state index contributed by atoms with van der Waals surface area (Å²) in [5.74, 6) is -0.116. The van der Waals surface area contributed by atoms with Crippen LogP contribution >= 0.6 is 0 Å². The number of ether oxygens (including phenoxy) is 1. The van der Waals surface area contributed by atoms with Crippen LogP contribution in [-0.2, 0) is 24.6 Å². The van der Waals surface area contributed by atoms with Crippen molar-refractivity contribution in [2.24, 2.45) is 0 Å². The van der Waals surface area contributed by atoms with Gasteiger partial charge in [-0.05, 0) is 18.2 Å². The average Bonchev–Trinajstić information content (AvgIpc) is 2.72. The molecule has 2 fully saturated rings. The second kappa shape index (κ2) is 9.09. The van der Waals surface area contributed by atoms with Gasteiger partial charge in [0.1, 0.15) is 9.84 Å². The third-order valence-corrected chi connectivity index (χ3v) is 7.95. The van der Waals surface area contributed by atoms with Crippen molar-refractivity contribution in [3.63, 3.8) is 0 Å². The van der Waals surface area contributed by atoms with Crippen LogP contribution < -0.4 is 0 Å². The largest absolute Gasteiger partial charge is 0.379 e. The molecule has 2 heterocycles. The Kier molecular flexibility index (Phi) is 6.94. The molecule has 9 nitrogen and oxygen atoms in total. The lowest BCUT2D eigenvalue weighted by Gasteiger charge is -2.34. The van der Waals surface area contributed by atoms with Crippen molar-refractivity contribution in [3.05, 3.63) is 29.8 Å². The summed E-state index contributed by atoms with van der Waals surface area (Å²) in [6.07, 6.45) is 1.21. The van der Waals surface area contributed by atoms with Crippen molar-refractivity contribution in [3.8, 4) is 0 Å². The number of sulfone groups is 1. The highest BCUT2D eigenvalue weighted by Crippen LogP contribution is 2.19. The predicted molar refractivity (Wildman–Crippen MR) is 108 cm³/mol. The maximum atomic E-state index is 12.9. The summed E-state index contributed by atoms with van der Waals surface area (Å²) in [7, 11) is -6.68. The van der Waals surface area contributed by atoms with Gasteiger partial charge in [-0.3, -0.25) is 9.69 Å². The highest BCUT2D eigenvalue weighted by Gasteiger charge is 2.28. The van der Waals surface area contributed by atoms with Crippen LogP contribution in [0.15, 0.2) is 29.2 Å². The number of carbonyl (C=O) groups is 1. The van der Waals surface area contributed by atoms with Gasteiger partial charge < -0.3 is 9.64 Å². The molecule has 0 bridgehead atoms. The molecule has 0 atom stereocenters. The van der Waals surface area contributed by atoms with E-state index in [1.165, 1.54) is 22.7 Å². The van der Waals surface area contributed by atoms with Crippen LogP contribution in [0.1, 0.15) is 10.4 Å². The van der Waals surface area contributed by atoms with E-state index in [1.807, 2.05) is 4.90 Å². The third-order valence-electron chi connectivity index (χ3n) is 5.13. The number of hydrogen-bond acceptors (Lipinski definition) is 7. The first-order valence-electron chi connectivity index (χ1n) is 9.54. The lowest BCUT2D eigenvalue weighted by molar-refractivity contribution is 0.0643. The molecule has 0 aromatic heterocycles. The van der Waals surface area contributed by atoms with Gasteiger partial charge in [-0.1, -0.05) is 6.07 Å². The van der Waals surface area contributed by atoms with Gasteiger partial charge in [0.05, 0.1) is 23.9 Å². The summed E-state index contributed by atoms with van der Waals surface area (Å²) < 4.78 is 54.9. The van der Waals surface area contributed by atoms with E-state index in [4.69, 9.17) is 4.74 Å². The van der Waals surface area contributed by atoms with E-state index in [-0.39, 0.29) is 16.6 Å². The number of amides is 1. The number of piperazine rings is 1. The molecule has 11 heteroatoms. The fraction of sp³-hybridized carbons (Fsp3) is 0.611. The Labute approximate surface area is 172 Å². The highest BCUT2D eigenvalue weighted by atomic mass is 32.2. The molecule has 0 aliphatic carbocycles. The minimum Gasteiger partial charge on any atom is -0.379 e. The van der Waals surface area contributed by atoms with Crippen LogP contribution in [-0.4, -0.2) is 108 Å². The zero-order chi connectivity index (χ0) is 21.1. The Morgan fingerprint density at radius 1 is 1.00 bits per heavy atom. The SMILES string of the molecule is CS(=O)(=O)CCN1CCN(C(=O)c2cccc(S(=O)(=O)N3CCOCC3)c2)CC1. The van der Waals surface area contributed by atoms with Gasteiger partial charge in [-0.15, -0.1) is 0 Å². The van der Waals surface area contributed by atoms with Crippen molar-refractivity contribution in [2.75, 3.05) is 71.0 Å². The molecule has 1 amide bonds. The molecule has 0 N–H and O–H groups in total. The van der Waals surface area contributed by atoms with Gasteiger partial charge in [0.2, 0.25) is 10.0 Å². The smallest absolute Gasteiger partial charge is 0.253 e. The number of nitrogens with zero attached hydrogens (tertiary/aromatic N) is 3. The Hall–Kier alpha value is -1.53. The lowest BCUT2D eigenvalue weighted by atomic mass is 10.2. The predicted octanol–water partition coefficient (Wildman–Crippen LogP) is -0.490. The first-order chi connectivity index (χ1) is 13.7. The molecular weight excluding hydrogens is 418 g/mol. The summed E-state index contributed by atoms with van der Waals surface area (Å²) in [6, 6.07) is 6.15. The second-order valence-electron chi connectivity index (χ2n) is 7.31. The van der Waals surface area contributed by atoms with Crippen molar-refractivity contribution >= 4 is 25.8 Å². The molecule has 0 spiro atoms. The van der Waals surface area contributed by atoms with E-state index in [0.29, 0.717) is 64.6 Å². The zero-order valence-corrected chi connectivity index (χ0v) is 18.1. The molecule has 2 aliphatic heterocycles. The topological polar surface area (TPSA) is 104 Å². The van der Waals surface area contributed by atoms with Gasteiger partial charge in [0.15, 0.2) is 0 Å². The van der Waals surface area contributed by atoms with Crippen LogP contribution in [0.3, 0.4) is 0 Å². The number of hydrogen-bond donors (Lipinski definition) is 0. The van der Waals surface area contributed by atoms with Crippen LogP contribution in [0.25, 0.3) is 0 Å². The number of rotatable bonds is 6. The van der Waals surface area contributed by atoms with E-state index in [9.17, 15) is 21.6 Å². The average molecular weight is 446 g/mol. The van der Waals surface area contributed by atoms with Crippen molar-refractivity contribution < 1.29 is 26.4 Å². The molecular formula is C18H27N3O6S2. The molecule has 0 radical (unpaired) electrons. The molecule has 3 rings (SSSR count). The first kappa shape index (κ1) is 22.2. The maximum absolute atomic E-state index is 12.9. The molecule has 2 aliphatic rings. The molecule has 1 aromatic carbocycles. The van der Waals surface area contributed by atoms with Crippen molar-refractivity contribution in [1.82, 2.24) is 14.1 Å². The van der Waals surface area contributed by atoms with E-state index >= 15 is 0 Å². The van der Waals surface area contributed by atoms with E-state index in [0.717, 1.165) is 0 Å². The summed E-state index contributed by atoms with van der Waals surface area (Å²) >= 11 is 0. The van der Waals surface area contributed by atoms with Crippen molar-refractivity contribution in [1.29, 1.82) is 0 Å². The summed E-state index contributed by atoms with van der Waals surface area (Å²) in [4.78, 5) is 16.7. The van der Waals surface area contributed by atoms with Crippen LogP contribution in [0.2, 0.25) is 0 Å². The molecule has 29 heavy (non-hydrogen) atoms. The van der Waals surface area contributed by atoms with Crippen LogP contribution in [0.4, 0.5) is 0 Å². The van der Waals surface area contributed by atoms with Gasteiger partial charge in [0, 0.05) is 57.6 Å². The number of morpholine rings is 1. The van der Waals surface area contributed by atoms with Gasteiger partial charge >= 0.3 is 0 Å². The summed E-state index contributed by atoms with van der Waals surface area (Å²) in [6.45, 7) is 3.91. The fourth-order valence-electron chi connectivity index (χ4n) is 3.38. The van der Waals surface area contributed by atoms with Crippen LogP contribution in [0, 0.1) is 0 Å². The quantitative estimate of drug-likeness (QED) is 0.582. The fourth-order valence-corrected chi connectivity index (χ4v) is 5.42. The van der Waals surface area contributed by atoms with E-state index in [1.54, 1.807) is 17.0 Å². The van der Waals surface area contributed by atoms with Crippen LogP contribution in [0.5, 0.6) is 0 Å². The molecule has 2 saturated heterocycles. The van der Waals surface area contributed by atoms with Crippen molar-refractivity contribution in [2.45, 2.75) is 4.90 Å². The zero-order valence-electron chi connectivity index (χ0n) is 16.5. The Morgan fingerprint density at radius 3 is 2.28 bits per heavy atom. The lowest BCUT2D eigenvalue weighted by Crippen LogP contribution is -2.49. The number of benzene rings is 1. The standard InChI is InChI=1S/C18H27N3O6S2/c1-28(23,24)14-11-19-5-7-20(8-6-19)18(22)16-3-2-4-17(15-16)29(25,26)21-9-12-27-13-10-21/h2-4,15H,5-14H2,1H3. The normalized spacial score (nSPS) is 20.0. The molecule has 0 unspecified atom stereocenters. The van der Waals surface area contributed by atoms with E-state index in [2.05, 4.69) is 0 Å². The maximum Gasteiger partial charge on any atom is 0.253 e. The summed E-state index contributed by atoms with van der Waals surface area (Å²) in [5, 5.41) is 0. The Bertz CT molecular complexity index is 934. The number of sulfonamides is 1. The molecule has 0 saturated carbocycles. The minimum absolute atomic E-state index is 0.0996. The first-order valence-corrected chi connectivity index (χ1v) is 13.0. The highest BCUT2D eigenvalue weighted by molar-refractivity contribution is 7.90. The minimum atomic E-state index is -3.66. The van der Waals surface area contributed by atoms with Gasteiger partial charge in [-0.25, -0.2) is 16.8 Å². The molecule has 162 valence electrons. The van der Waals surface area contributed by atoms with Gasteiger partial charge in [0.25, 0.3) is 5.91 Å². The monoisotopic (exact) mass is 445 g/mol. The second-order valence-corrected chi connectivity index (χ2v) is 11.5. The third kappa shape index (κ3) is 5.76. The summed E-state index contributed by atoms with van der Waals surface area (Å²) in [5.41, 5.74) is 0.337. The van der Waals surface area contributed by atoms with E-state index < -0.39 is 19.9 Å². The Balaban J connectivity index is 1.64. The van der Waals surface area contributed by atoms with Gasteiger partial charge in [-0.2, -0.15) is 4.31 Å². The number of carbonyl (C=O) groups excluding carboxylic acids is 1.